The highest BCUT2D eigenvalue weighted by Crippen LogP contribution is 2.55. The van der Waals surface area contributed by atoms with Crippen molar-refractivity contribution >= 4 is 23.2 Å². The molecule has 1 fully saturated rings. The second-order valence-corrected chi connectivity index (χ2v) is 11.4. The number of nitrogens with one attached hydrogen (secondary N) is 1. The van der Waals surface area contributed by atoms with Crippen molar-refractivity contribution < 1.29 is 14.6 Å². The summed E-state index contributed by atoms with van der Waals surface area (Å²) in [6.07, 6.45) is 5.27. The standard InChI is InChI=1S/C29H34ClN5O3/c1-28(2)26(29(3,4)27(28)38-22-14-15-24(31-5)23(30)17-22)32-25(37)19-10-12-21(13-11-19)35-18-20(33-34-35)9-7-6-8-16-36/h10-15,17-18,26-27,36H,6-9,16H2,1-4H3,(H,32,37). The number of ether oxygens (including phenoxy) is 1. The SMILES string of the molecule is [C-]#[N+]c1ccc(OC2C(C)(C)C(NC(=O)c3ccc(-n4cc(CCCCCO)nn4)cc3)C2(C)C)cc1Cl. The number of aromatic nitrogens is 3. The molecular weight excluding hydrogens is 502 g/mol. The average molecular weight is 536 g/mol. The first-order chi connectivity index (χ1) is 18.1. The number of carbonyl (C=O) groups excluding carboxylic acids is 1. The summed E-state index contributed by atoms with van der Waals surface area (Å²) >= 11 is 6.20. The van der Waals surface area contributed by atoms with Gasteiger partial charge in [0.25, 0.3) is 5.91 Å². The lowest BCUT2D eigenvalue weighted by Crippen LogP contribution is -2.74. The fourth-order valence-electron chi connectivity index (χ4n) is 5.70. The number of amides is 1. The Balaban J connectivity index is 1.39. The van der Waals surface area contributed by atoms with Gasteiger partial charge in [0.05, 0.1) is 29.2 Å². The second kappa shape index (κ2) is 11.1. The van der Waals surface area contributed by atoms with E-state index in [1.165, 1.54) is 0 Å². The molecule has 9 heteroatoms. The van der Waals surface area contributed by atoms with Gasteiger partial charge in [0.1, 0.15) is 11.9 Å². The molecule has 2 N–H and O–H groups in total. The van der Waals surface area contributed by atoms with Crippen molar-refractivity contribution in [1.82, 2.24) is 20.3 Å². The average Bonchev–Trinajstić information content (AvgIpc) is 3.37. The molecule has 0 spiro atoms. The highest BCUT2D eigenvalue weighted by atomic mass is 35.5. The predicted molar refractivity (Wildman–Crippen MR) is 147 cm³/mol. The zero-order valence-electron chi connectivity index (χ0n) is 22.2. The molecule has 200 valence electrons. The van der Waals surface area contributed by atoms with Crippen molar-refractivity contribution in [1.29, 1.82) is 0 Å². The van der Waals surface area contributed by atoms with Gasteiger partial charge in [-0.25, -0.2) is 9.53 Å². The van der Waals surface area contributed by atoms with Crippen LogP contribution in [0.25, 0.3) is 10.5 Å². The van der Waals surface area contributed by atoms with E-state index < -0.39 is 0 Å². The van der Waals surface area contributed by atoms with Crippen LogP contribution in [0, 0.1) is 17.4 Å². The molecule has 1 aliphatic carbocycles. The summed E-state index contributed by atoms with van der Waals surface area (Å²) < 4.78 is 8.02. The van der Waals surface area contributed by atoms with E-state index in [4.69, 9.17) is 28.0 Å². The number of rotatable bonds is 10. The summed E-state index contributed by atoms with van der Waals surface area (Å²) in [6.45, 7) is 15.7. The molecule has 38 heavy (non-hydrogen) atoms. The minimum Gasteiger partial charge on any atom is -0.489 e. The number of aliphatic hydroxyl groups excluding tert-OH is 1. The summed E-state index contributed by atoms with van der Waals surface area (Å²) in [5, 5.41) is 20.9. The molecule has 3 aromatic rings. The molecule has 0 saturated heterocycles. The first-order valence-electron chi connectivity index (χ1n) is 12.8. The normalized spacial score (nSPS) is 19.3. The summed E-state index contributed by atoms with van der Waals surface area (Å²) in [6, 6.07) is 12.3. The van der Waals surface area contributed by atoms with Crippen molar-refractivity contribution in [3.63, 3.8) is 0 Å². The van der Waals surface area contributed by atoms with Gasteiger partial charge in [-0.3, -0.25) is 4.79 Å². The largest absolute Gasteiger partial charge is 0.489 e. The van der Waals surface area contributed by atoms with Crippen molar-refractivity contribution in [3.8, 4) is 11.4 Å². The maximum atomic E-state index is 13.2. The van der Waals surface area contributed by atoms with Crippen molar-refractivity contribution in [2.24, 2.45) is 10.8 Å². The summed E-state index contributed by atoms with van der Waals surface area (Å²) in [5.41, 5.74) is 2.02. The Hall–Kier alpha value is -3.41. The van der Waals surface area contributed by atoms with Gasteiger partial charge in [-0.1, -0.05) is 57.0 Å². The maximum absolute atomic E-state index is 13.2. The Morgan fingerprint density at radius 1 is 1.13 bits per heavy atom. The van der Waals surface area contributed by atoms with Gasteiger partial charge in [-0.05, 0) is 55.7 Å². The Bertz CT molecular complexity index is 1310. The zero-order chi connectivity index (χ0) is 27.5. The van der Waals surface area contributed by atoms with Crippen molar-refractivity contribution in [2.75, 3.05) is 6.61 Å². The van der Waals surface area contributed by atoms with Gasteiger partial charge in [-0.2, -0.15) is 0 Å². The molecule has 0 bridgehead atoms. The van der Waals surface area contributed by atoms with E-state index >= 15 is 0 Å². The molecule has 1 aliphatic rings. The van der Waals surface area contributed by atoms with Crippen LogP contribution in [0.3, 0.4) is 0 Å². The van der Waals surface area contributed by atoms with E-state index in [2.05, 4.69) is 48.2 Å². The summed E-state index contributed by atoms with van der Waals surface area (Å²) in [5.74, 6) is 0.462. The smallest absolute Gasteiger partial charge is 0.251 e. The molecule has 1 saturated carbocycles. The first-order valence-corrected chi connectivity index (χ1v) is 13.2. The van der Waals surface area contributed by atoms with Gasteiger partial charge < -0.3 is 15.2 Å². The van der Waals surface area contributed by atoms with Gasteiger partial charge in [0.15, 0.2) is 0 Å². The van der Waals surface area contributed by atoms with Gasteiger partial charge >= 0.3 is 0 Å². The van der Waals surface area contributed by atoms with Crippen LogP contribution in [0.4, 0.5) is 5.69 Å². The third-order valence-corrected chi connectivity index (χ3v) is 7.74. The third kappa shape index (κ3) is 5.54. The van der Waals surface area contributed by atoms with Crippen LogP contribution in [0.15, 0.2) is 48.7 Å². The van der Waals surface area contributed by atoms with E-state index in [-0.39, 0.29) is 35.5 Å². The number of unbranched alkanes of at least 4 members (excludes halogenated alkanes) is 2. The maximum Gasteiger partial charge on any atom is 0.251 e. The number of hydrogen-bond donors (Lipinski definition) is 2. The molecule has 0 unspecified atom stereocenters. The minimum atomic E-state index is -0.335. The first kappa shape index (κ1) is 27.6. The Morgan fingerprint density at radius 3 is 2.47 bits per heavy atom. The fraction of sp³-hybridized carbons (Fsp3) is 0.448. The lowest BCUT2D eigenvalue weighted by atomic mass is 9.49. The lowest BCUT2D eigenvalue weighted by Gasteiger charge is -2.63. The Labute approximate surface area is 228 Å². The van der Waals surface area contributed by atoms with Crippen molar-refractivity contribution in [3.05, 3.63) is 76.4 Å². The number of carbonyl (C=O) groups is 1. The molecular formula is C29H34ClN5O3. The number of aryl methyl sites for hydroxylation is 1. The Morgan fingerprint density at radius 2 is 1.84 bits per heavy atom. The van der Waals surface area contributed by atoms with Gasteiger partial charge in [0.2, 0.25) is 5.69 Å². The number of benzene rings is 2. The van der Waals surface area contributed by atoms with Crippen molar-refractivity contribution in [2.45, 2.75) is 65.5 Å². The number of aliphatic hydroxyl groups is 1. The van der Waals surface area contributed by atoms with E-state index in [9.17, 15) is 4.79 Å². The van der Waals surface area contributed by atoms with Crippen LogP contribution < -0.4 is 10.1 Å². The second-order valence-electron chi connectivity index (χ2n) is 11.0. The molecule has 1 heterocycles. The molecule has 8 nitrogen and oxygen atoms in total. The molecule has 0 radical (unpaired) electrons. The Kier molecular flexibility index (Phi) is 8.10. The van der Waals surface area contributed by atoms with Crippen LogP contribution in [0.1, 0.15) is 63.0 Å². The highest BCUT2D eigenvalue weighted by Gasteiger charge is 2.64. The summed E-state index contributed by atoms with van der Waals surface area (Å²) in [7, 11) is 0. The van der Waals surface area contributed by atoms with E-state index in [1.54, 1.807) is 35.0 Å². The van der Waals surface area contributed by atoms with E-state index in [1.807, 2.05) is 18.3 Å². The molecule has 0 aliphatic heterocycles. The quantitative estimate of drug-likeness (QED) is 0.253. The fourth-order valence-corrected chi connectivity index (χ4v) is 5.91. The van der Waals surface area contributed by atoms with Crippen LogP contribution in [0.5, 0.6) is 5.75 Å². The van der Waals surface area contributed by atoms with Crippen LogP contribution >= 0.6 is 11.6 Å². The van der Waals surface area contributed by atoms with E-state index in [0.29, 0.717) is 22.0 Å². The monoisotopic (exact) mass is 535 g/mol. The van der Waals surface area contributed by atoms with E-state index in [0.717, 1.165) is 37.1 Å². The van der Waals surface area contributed by atoms with Crippen LogP contribution in [-0.4, -0.2) is 44.8 Å². The summed E-state index contributed by atoms with van der Waals surface area (Å²) in [4.78, 5) is 16.6. The van der Waals surface area contributed by atoms with Gasteiger partial charge in [-0.15, -0.1) is 5.10 Å². The van der Waals surface area contributed by atoms with Crippen LogP contribution in [-0.2, 0) is 6.42 Å². The third-order valence-electron chi connectivity index (χ3n) is 7.43. The lowest BCUT2D eigenvalue weighted by molar-refractivity contribution is -0.164. The number of nitrogens with zero attached hydrogens (tertiary/aromatic N) is 4. The van der Waals surface area contributed by atoms with Gasteiger partial charge in [0, 0.05) is 29.0 Å². The minimum absolute atomic E-state index is 0.117. The molecule has 1 aromatic heterocycles. The number of hydrogen-bond acceptors (Lipinski definition) is 5. The molecule has 0 atom stereocenters. The van der Waals surface area contributed by atoms with Crippen LogP contribution in [0.2, 0.25) is 5.02 Å². The molecule has 4 rings (SSSR count). The highest BCUT2D eigenvalue weighted by molar-refractivity contribution is 6.33. The topological polar surface area (TPSA) is 93.6 Å². The zero-order valence-corrected chi connectivity index (χ0v) is 23.0. The number of halogens is 1. The predicted octanol–water partition coefficient (Wildman–Crippen LogP) is 5.79. The molecule has 2 aromatic carbocycles. The molecule has 1 amide bonds.